The van der Waals surface area contributed by atoms with Crippen LogP contribution in [-0.4, -0.2) is 0 Å². The van der Waals surface area contributed by atoms with Crippen LogP contribution in [0.5, 0.6) is 0 Å². The summed E-state index contributed by atoms with van der Waals surface area (Å²) in [4.78, 5) is 0. The maximum atomic E-state index is 2.42. The molecule has 0 saturated heterocycles. The molecule has 0 aromatic rings. The minimum absolute atomic E-state index is 0.974. The lowest BCUT2D eigenvalue weighted by Gasteiger charge is -2.13. The Bertz CT molecular complexity index is 169. The van der Waals surface area contributed by atoms with Gasteiger partial charge in [0, 0.05) is 0 Å². The summed E-state index contributed by atoms with van der Waals surface area (Å²) in [7, 11) is 0. The van der Waals surface area contributed by atoms with Gasteiger partial charge in [-0.15, -0.1) is 0 Å². The smallest absolute Gasteiger partial charge is 0.0348 e. The number of allylic oxidation sites excluding steroid dienone is 2. The summed E-state index contributed by atoms with van der Waals surface area (Å²) in [6.45, 7) is 6.92. The van der Waals surface area contributed by atoms with Gasteiger partial charge in [0.05, 0.1) is 0 Å². The molecule has 0 bridgehead atoms. The fraction of sp³-hybridized carbons (Fsp3) is 0.889. The molecular weight excluding hydrogens is 216 g/mol. The van der Waals surface area contributed by atoms with Gasteiger partial charge < -0.3 is 0 Å². The zero-order valence-corrected chi connectivity index (χ0v) is 13.2. The fourth-order valence-corrected chi connectivity index (χ4v) is 2.49. The number of unbranched alkanes of at least 4 members (excludes halogenated alkanes) is 6. The quantitative estimate of drug-likeness (QED) is 0.247. The molecule has 0 aliphatic rings. The van der Waals surface area contributed by atoms with Gasteiger partial charge in [-0.3, -0.25) is 0 Å². The van der Waals surface area contributed by atoms with Gasteiger partial charge in [0.2, 0.25) is 0 Å². The van der Waals surface area contributed by atoms with Crippen molar-refractivity contribution in [3.05, 3.63) is 12.2 Å². The maximum absolute atomic E-state index is 2.42. The number of hydrogen-bond donors (Lipinski definition) is 0. The molecule has 0 heterocycles. The van der Waals surface area contributed by atoms with Crippen molar-refractivity contribution >= 4 is 0 Å². The first kappa shape index (κ1) is 17.7. The standard InChI is InChI=1S/C18H36/c1-4-7-9-11-12-13-15-17-18(6-3)16-14-10-8-5-2/h12-13,18H,4-11,14-17H2,1-3H3. The Morgan fingerprint density at radius 1 is 0.667 bits per heavy atom. The van der Waals surface area contributed by atoms with Gasteiger partial charge in [0.25, 0.3) is 0 Å². The van der Waals surface area contributed by atoms with Crippen LogP contribution in [0.3, 0.4) is 0 Å². The average molecular weight is 252 g/mol. The van der Waals surface area contributed by atoms with E-state index in [4.69, 9.17) is 0 Å². The monoisotopic (exact) mass is 252 g/mol. The third-order valence-corrected chi connectivity index (χ3v) is 3.93. The van der Waals surface area contributed by atoms with Crippen LogP contribution >= 0.6 is 0 Å². The molecule has 0 spiro atoms. The first-order chi connectivity index (χ1) is 8.85. The van der Waals surface area contributed by atoms with Crippen molar-refractivity contribution in [1.82, 2.24) is 0 Å². The van der Waals surface area contributed by atoms with Crippen LogP contribution in [0.2, 0.25) is 0 Å². The molecule has 0 amide bonds. The first-order valence-electron chi connectivity index (χ1n) is 8.50. The topological polar surface area (TPSA) is 0 Å². The summed E-state index contributed by atoms with van der Waals surface area (Å²) >= 11 is 0. The predicted molar refractivity (Wildman–Crippen MR) is 85.1 cm³/mol. The fourth-order valence-electron chi connectivity index (χ4n) is 2.49. The van der Waals surface area contributed by atoms with E-state index in [0.717, 1.165) is 5.92 Å². The zero-order valence-electron chi connectivity index (χ0n) is 13.2. The molecule has 1 unspecified atom stereocenters. The summed E-state index contributed by atoms with van der Waals surface area (Å²) in [5.74, 6) is 0.974. The molecule has 0 nitrogen and oxygen atoms in total. The number of rotatable bonds is 13. The molecule has 108 valence electrons. The van der Waals surface area contributed by atoms with Gasteiger partial charge in [0.1, 0.15) is 0 Å². The molecule has 18 heavy (non-hydrogen) atoms. The van der Waals surface area contributed by atoms with Crippen LogP contribution in [0.15, 0.2) is 12.2 Å². The van der Waals surface area contributed by atoms with Crippen LogP contribution in [0.1, 0.15) is 97.8 Å². The minimum atomic E-state index is 0.974. The van der Waals surface area contributed by atoms with Crippen LogP contribution in [0.4, 0.5) is 0 Å². The van der Waals surface area contributed by atoms with E-state index in [0.29, 0.717) is 0 Å². The summed E-state index contributed by atoms with van der Waals surface area (Å²) in [6.07, 6.45) is 21.4. The molecule has 0 aromatic heterocycles. The molecule has 0 saturated carbocycles. The van der Waals surface area contributed by atoms with E-state index in [9.17, 15) is 0 Å². The third-order valence-electron chi connectivity index (χ3n) is 3.93. The van der Waals surface area contributed by atoms with Crippen molar-refractivity contribution in [1.29, 1.82) is 0 Å². The summed E-state index contributed by atoms with van der Waals surface area (Å²) < 4.78 is 0. The second-order valence-corrected chi connectivity index (χ2v) is 5.67. The minimum Gasteiger partial charge on any atom is -0.0885 e. The normalized spacial score (nSPS) is 13.3. The van der Waals surface area contributed by atoms with Gasteiger partial charge in [-0.1, -0.05) is 84.3 Å². The molecule has 0 rings (SSSR count). The third kappa shape index (κ3) is 12.2. The Kier molecular flexibility index (Phi) is 14.6. The van der Waals surface area contributed by atoms with Gasteiger partial charge in [-0.2, -0.15) is 0 Å². The summed E-state index contributed by atoms with van der Waals surface area (Å²) in [6, 6.07) is 0. The van der Waals surface area contributed by atoms with E-state index in [-0.39, 0.29) is 0 Å². The van der Waals surface area contributed by atoms with Crippen molar-refractivity contribution in [2.24, 2.45) is 5.92 Å². The van der Waals surface area contributed by atoms with Crippen LogP contribution in [0, 0.1) is 5.92 Å². The summed E-state index contributed by atoms with van der Waals surface area (Å²) in [5.41, 5.74) is 0. The van der Waals surface area contributed by atoms with E-state index < -0.39 is 0 Å². The molecule has 0 aromatic carbocycles. The summed E-state index contributed by atoms with van der Waals surface area (Å²) in [5, 5.41) is 0. The lowest BCUT2D eigenvalue weighted by molar-refractivity contribution is 0.417. The molecule has 0 aliphatic heterocycles. The van der Waals surface area contributed by atoms with Gasteiger partial charge in [-0.25, -0.2) is 0 Å². The Hall–Kier alpha value is -0.260. The van der Waals surface area contributed by atoms with E-state index in [2.05, 4.69) is 32.9 Å². The molecule has 0 heteroatoms. The lowest BCUT2D eigenvalue weighted by Crippen LogP contribution is -1.98. The van der Waals surface area contributed by atoms with E-state index in [1.165, 1.54) is 77.0 Å². The second-order valence-electron chi connectivity index (χ2n) is 5.67. The highest BCUT2D eigenvalue weighted by molar-refractivity contribution is 4.82. The highest BCUT2D eigenvalue weighted by Gasteiger charge is 2.04. The Morgan fingerprint density at radius 2 is 1.33 bits per heavy atom. The van der Waals surface area contributed by atoms with E-state index in [1.807, 2.05) is 0 Å². The van der Waals surface area contributed by atoms with Gasteiger partial charge in [0.15, 0.2) is 0 Å². The van der Waals surface area contributed by atoms with Crippen LogP contribution < -0.4 is 0 Å². The molecule has 0 radical (unpaired) electrons. The van der Waals surface area contributed by atoms with Crippen molar-refractivity contribution in [2.75, 3.05) is 0 Å². The van der Waals surface area contributed by atoms with Crippen LogP contribution in [-0.2, 0) is 0 Å². The van der Waals surface area contributed by atoms with E-state index >= 15 is 0 Å². The molecule has 0 N–H and O–H groups in total. The maximum Gasteiger partial charge on any atom is -0.0348 e. The molecule has 0 aliphatic carbocycles. The average Bonchev–Trinajstić information content (AvgIpc) is 2.40. The Balaban J connectivity index is 3.42. The van der Waals surface area contributed by atoms with Crippen LogP contribution in [0.25, 0.3) is 0 Å². The SMILES string of the molecule is CCCCCC=CCCC(CC)CCCCCC. The lowest BCUT2D eigenvalue weighted by atomic mass is 9.93. The highest BCUT2D eigenvalue weighted by Crippen LogP contribution is 2.19. The van der Waals surface area contributed by atoms with Gasteiger partial charge >= 0.3 is 0 Å². The largest absolute Gasteiger partial charge is 0.0885 e. The van der Waals surface area contributed by atoms with Crippen molar-refractivity contribution in [2.45, 2.75) is 97.8 Å². The Morgan fingerprint density at radius 3 is 2.00 bits per heavy atom. The van der Waals surface area contributed by atoms with Crippen molar-refractivity contribution in [3.8, 4) is 0 Å². The highest BCUT2D eigenvalue weighted by atomic mass is 14.1. The molecule has 0 fully saturated rings. The predicted octanol–water partition coefficient (Wildman–Crippen LogP) is 6.90. The van der Waals surface area contributed by atoms with E-state index in [1.54, 1.807) is 0 Å². The molecular formula is C18H36. The van der Waals surface area contributed by atoms with Crippen molar-refractivity contribution < 1.29 is 0 Å². The number of hydrogen-bond acceptors (Lipinski definition) is 0. The molecule has 1 atom stereocenters. The second kappa shape index (κ2) is 14.8. The van der Waals surface area contributed by atoms with Crippen molar-refractivity contribution in [3.63, 3.8) is 0 Å². The first-order valence-corrected chi connectivity index (χ1v) is 8.50. The Labute approximate surface area is 116 Å². The zero-order chi connectivity index (χ0) is 13.5. The van der Waals surface area contributed by atoms with Gasteiger partial charge in [-0.05, 0) is 31.6 Å².